The van der Waals surface area contributed by atoms with Gasteiger partial charge in [0.1, 0.15) is 23.5 Å². The Bertz CT molecular complexity index is 1190. The number of nitrogens with zero attached hydrogens (tertiary/aromatic N) is 6. The summed E-state index contributed by atoms with van der Waals surface area (Å²) in [5.74, 6) is 0.408. The van der Waals surface area contributed by atoms with E-state index in [1.165, 1.54) is 0 Å². The van der Waals surface area contributed by atoms with Crippen molar-refractivity contribution in [3.8, 4) is 17.4 Å². The normalized spacial score (nSPS) is 15.5. The van der Waals surface area contributed by atoms with E-state index in [0.29, 0.717) is 30.8 Å². The van der Waals surface area contributed by atoms with Crippen LogP contribution in [0.3, 0.4) is 0 Å². The summed E-state index contributed by atoms with van der Waals surface area (Å²) in [6.07, 6.45) is 7.83. The van der Waals surface area contributed by atoms with Gasteiger partial charge >= 0.3 is 5.97 Å². The minimum atomic E-state index is -0.957. The largest absolute Gasteiger partial charge is 0.492 e. The molecular formula is C22H30N6O4S. The Morgan fingerprint density at radius 1 is 1.21 bits per heavy atom. The molecule has 0 amide bonds. The van der Waals surface area contributed by atoms with Crippen molar-refractivity contribution in [2.75, 3.05) is 37.7 Å². The molecule has 1 aliphatic carbocycles. The first-order valence-electron chi connectivity index (χ1n) is 10.8. The maximum absolute atomic E-state index is 12.4. The average molecular weight is 475 g/mol. The first-order valence-corrected chi connectivity index (χ1v) is 13.9. The van der Waals surface area contributed by atoms with Crippen LogP contribution in [0.5, 0.6) is 5.88 Å². The molecule has 1 aliphatic rings. The number of ether oxygens (including phenoxy) is 2. The summed E-state index contributed by atoms with van der Waals surface area (Å²) in [6.45, 7) is 4.78. The summed E-state index contributed by atoms with van der Waals surface area (Å²) in [4.78, 5) is 21.2. The smallest absolute Gasteiger partial charge is 0.318 e. The highest BCUT2D eigenvalue weighted by Crippen LogP contribution is 2.50. The molecule has 1 fully saturated rings. The molecule has 0 unspecified atom stereocenters. The summed E-state index contributed by atoms with van der Waals surface area (Å²) in [7, 11) is -0.651. The highest BCUT2D eigenvalue weighted by molar-refractivity contribution is 8.32. The molecule has 1 saturated carbocycles. The number of esters is 1. The molecule has 4 rings (SSSR count). The third-order valence-corrected chi connectivity index (χ3v) is 6.93. The molecule has 0 spiro atoms. The van der Waals surface area contributed by atoms with Crippen LogP contribution in [-0.4, -0.2) is 78.8 Å². The quantitative estimate of drug-likeness (QED) is 0.368. The second-order valence-corrected chi connectivity index (χ2v) is 13.7. The molecule has 0 atom stereocenters. The Morgan fingerprint density at radius 2 is 1.97 bits per heavy atom. The fourth-order valence-corrected chi connectivity index (χ4v) is 4.14. The molecule has 33 heavy (non-hydrogen) atoms. The predicted octanol–water partition coefficient (Wildman–Crippen LogP) is 2.56. The highest BCUT2D eigenvalue weighted by atomic mass is 32.3. The molecular weight excluding hydrogens is 444 g/mol. The Kier molecular flexibility index (Phi) is 6.28. The first kappa shape index (κ1) is 23.4. The third kappa shape index (κ3) is 4.79. The van der Waals surface area contributed by atoms with E-state index in [-0.39, 0.29) is 30.7 Å². The van der Waals surface area contributed by atoms with Gasteiger partial charge in [0.05, 0.1) is 18.6 Å². The number of carbonyl (C=O) groups excluding carboxylic acids is 1. The van der Waals surface area contributed by atoms with Crippen molar-refractivity contribution in [2.45, 2.75) is 38.8 Å². The van der Waals surface area contributed by atoms with Crippen LogP contribution in [0.2, 0.25) is 0 Å². The third-order valence-electron chi connectivity index (χ3n) is 5.54. The number of fused-ring (bicyclic) bond motifs is 1. The lowest BCUT2D eigenvalue weighted by molar-refractivity contribution is -0.146. The van der Waals surface area contributed by atoms with Gasteiger partial charge in [0.2, 0.25) is 11.7 Å². The molecule has 3 heterocycles. The maximum Gasteiger partial charge on any atom is 0.318 e. The van der Waals surface area contributed by atoms with Crippen molar-refractivity contribution < 1.29 is 19.4 Å². The van der Waals surface area contributed by atoms with E-state index in [1.54, 1.807) is 11.6 Å². The van der Waals surface area contributed by atoms with E-state index in [1.807, 2.05) is 19.1 Å². The van der Waals surface area contributed by atoms with E-state index in [0.717, 1.165) is 16.8 Å². The monoisotopic (exact) mass is 474 g/mol. The predicted molar refractivity (Wildman–Crippen MR) is 126 cm³/mol. The molecule has 0 radical (unpaired) electrons. The average Bonchev–Trinajstić information content (AvgIpc) is 3.47. The van der Waals surface area contributed by atoms with Gasteiger partial charge in [0, 0.05) is 11.4 Å². The van der Waals surface area contributed by atoms with Crippen molar-refractivity contribution in [2.24, 2.45) is 0 Å². The lowest BCUT2D eigenvalue weighted by Gasteiger charge is -2.24. The Balaban J connectivity index is 1.64. The Morgan fingerprint density at radius 3 is 2.61 bits per heavy atom. The summed E-state index contributed by atoms with van der Waals surface area (Å²) < 4.78 is 12.7. The number of carbonyl (C=O) groups is 1. The van der Waals surface area contributed by atoms with Crippen LogP contribution in [0.1, 0.15) is 31.2 Å². The lowest BCUT2D eigenvalue weighted by Crippen LogP contribution is -2.25. The van der Waals surface area contributed by atoms with Gasteiger partial charge in [0.25, 0.3) is 0 Å². The van der Waals surface area contributed by atoms with Crippen LogP contribution in [0.15, 0.2) is 12.1 Å². The van der Waals surface area contributed by atoms with Gasteiger partial charge < -0.3 is 14.6 Å². The number of aromatic hydroxyl groups is 1. The molecule has 11 heteroatoms. The van der Waals surface area contributed by atoms with Gasteiger partial charge in [-0.1, -0.05) is 0 Å². The highest BCUT2D eigenvalue weighted by Gasteiger charge is 2.56. The van der Waals surface area contributed by atoms with Crippen molar-refractivity contribution in [1.29, 1.82) is 0 Å². The van der Waals surface area contributed by atoms with E-state index in [9.17, 15) is 9.90 Å². The number of aromatic nitrogens is 6. The van der Waals surface area contributed by atoms with Gasteiger partial charge in [-0.25, -0.2) is 19.7 Å². The lowest BCUT2D eigenvalue weighted by atomic mass is 10.0. The van der Waals surface area contributed by atoms with Crippen LogP contribution >= 0.6 is 10.0 Å². The summed E-state index contributed by atoms with van der Waals surface area (Å²) >= 11 is 0. The van der Waals surface area contributed by atoms with Crippen LogP contribution in [0.4, 0.5) is 0 Å². The number of hydrogen-bond acceptors (Lipinski definition) is 9. The van der Waals surface area contributed by atoms with Crippen molar-refractivity contribution in [3.05, 3.63) is 23.5 Å². The van der Waals surface area contributed by atoms with Crippen molar-refractivity contribution >= 4 is 27.0 Å². The van der Waals surface area contributed by atoms with Gasteiger partial charge in [-0.05, 0) is 57.6 Å². The van der Waals surface area contributed by atoms with E-state index < -0.39 is 21.4 Å². The Labute approximate surface area is 194 Å². The van der Waals surface area contributed by atoms with Crippen LogP contribution in [0, 0.1) is 6.92 Å². The second kappa shape index (κ2) is 8.86. The molecule has 0 bridgehead atoms. The van der Waals surface area contributed by atoms with E-state index in [4.69, 9.17) is 9.47 Å². The summed E-state index contributed by atoms with van der Waals surface area (Å²) in [5.41, 5.74) is 1.12. The molecule has 178 valence electrons. The first-order chi connectivity index (χ1) is 15.6. The summed E-state index contributed by atoms with van der Waals surface area (Å²) in [5, 5.41) is 24.3. The number of hydrogen-bond donors (Lipinski definition) is 1. The van der Waals surface area contributed by atoms with Crippen molar-refractivity contribution in [1.82, 2.24) is 29.9 Å². The molecule has 0 aliphatic heterocycles. The SMILES string of the molecule is CCOC(=O)C1(c2nnc(-c3nn(COCCS(C)(C)C)c4nc(C)ccc34)nc2O)CC1. The van der Waals surface area contributed by atoms with Crippen LogP contribution in [0.25, 0.3) is 22.6 Å². The molecule has 3 aromatic heterocycles. The standard InChI is InChI=1S/C22H30N6O4S/c1-6-32-21(30)22(9-10-22)17-20(29)24-18(26-25-17)16-15-8-7-14(2)23-19(15)28(27-16)13-31-11-12-33(3,4)5/h7-8H,6,9-13H2,1-5H3,(H,24,26,29). The van der Waals surface area contributed by atoms with E-state index >= 15 is 0 Å². The van der Waals surface area contributed by atoms with Crippen molar-refractivity contribution in [3.63, 3.8) is 0 Å². The summed E-state index contributed by atoms with van der Waals surface area (Å²) in [6, 6.07) is 3.77. The van der Waals surface area contributed by atoms with Gasteiger partial charge in [-0.3, -0.25) is 4.79 Å². The van der Waals surface area contributed by atoms with Gasteiger partial charge in [-0.2, -0.15) is 10.1 Å². The zero-order valence-corrected chi connectivity index (χ0v) is 20.5. The maximum atomic E-state index is 12.4. The van der Waals surface area contributed by atoms with Crippen LogP contribution in [-0.2, 0) is 26.4 Å². The topological polar surface area (TPSA) is 125 Å². The second-order valence-electron chi connectivity index (χ2n) is 9.11. The minimum absolute atomic E-state index is 0.149. The van der Waals surface area contributed by atoms with Gasteiger partial charge in [-0.15, -0.1) is 10.2 Å². The molecule has 0 saturated heterocycles. The molecule has 3 aromatic rings. The van der Waals surface area contributed by atoms with Gasteiger partial charge in [0.15, 0.2) is 5.65 Å². The number of aryl methyl sites for hydroxylation is 1. The minimum Gasteiger partial charge on any atom is -0.492 e. The van der Waals surface area contributed by atoms with Crippen LogP contribution < -0.4 is 0 Å². The van der Waals surface area contributed by atoms with E-state index in [2.05, 4.69) is 44.0 Å². The fourth-order valence-electron chi connectivity index (χ4n) is 3.52. The number of pyridine rings is 1. The Hall–Kier alpha value is -2.79. The molecule has 10 nitrogen and oxygen atoms in total. The number of rotatable bonds is 9. The molecule has 0 aromatic carbocycles. The molecule has 1 N–H and O–H groups in total. The zero-order chi connectivity index (χ0) is 23.8. The fraction of sp³-hybridized carbons (Fsp3) is 0.545. The zero-order valence-electron chi connectivity index (χ0n) is 19.7.